The highest BCUT2D eigenvalue weighted by molar-refractivity contribution is 7.72. The van der Waals surface area contributed by atoms with Crippen molar-refractivity contribution in [3.05, 3.63) is 83.4 Å². The summed E-state index contributed by atoms with van der Waals surface area (Å²) in [4.78, 5) is 87.3. The molecule has 1 fully saturated rings. The number of carboxylic acids is 1. The minimum atomic E-state index is -5.64. The van der Waals surface area contributed by atoms with Crippen molar-refractivity contribution >= 4 is 38.9 Å². The summed E-state index contributed by atoms with van der Waals surface area (Å²) in [7, 11) is -11.3. The van der Waals surface area contributed by atoms with Crippen molar-refractivity contribution in [2.45, 2.75) is 87.4 Å². The van der Waals surface area contributed by atoms with E-state index in [0.29, 0.717) is 44.2 Å². The van der Waals surface area contributed by atoms with Crippen LogP contribution in [0.5, 0.6) is 0 Å². The van der Waals surface area contributed by atoms with Crippen LogP contribution in [0.2, 0.25) is 0 Å². The topological polar surface area (TPSA) is 248 Å². The number of nitrogens with zero attached hydrogens (tertiary/aromatic N) is 1. The van der Waals surface area contributed by atoms with E-state index in [1.54, 1.807) is 11.0 Å². The maximum absolute atomic E-state index is 15.8. The number of hydrogen-bond acceptors (Lipinski definition) is 8. The monoisotopic (exact) mass is 788 g/mol. The predicted octanol–water partition coefficient (Wildman–Crippen LogP) is 4.03. The number of unbranched alkanes of at least 4 members (excludes halogenated alkanes) is 3. The Morgan fingerprint density at radius 2 is 1.57 bits per heavy atom. The molecule has 1 heterocycles. The molecule has 0 unspecified atom stereocenters. The molecule has 2 aromatic rings. The van der Waals surface area contributed by atoms with E-state index in [0.717, 1.165) is 6.08 Å². The van der Waals surface area contributed by atoms with Gasteiger partial charge < -0.3 is 44.7 Å². The molecule has 0 aliphatic carbocycles. The third kappa shape index (κ3) is 12.4. The Labute approximate surface area is 304 Å². The number of amides is 2. The van der Waals surface area contributed by atoms with Crippen LogP contribution in [0.1, 0.15) is 79.3 Å². The molecule has 0 saturated carbocycles. The van der Waals surface area contributed by atoms with E-state index in [1.165, 1.54) is 54.6 Å². The number of carboxylic acid groups (broad SMARTS) is 1. The highest BCUT2D eigenvalue weighted by Gasteiger charge is 2.58. The first-order chi connectivity index (χ1) is 24.8. The van der Waals surface area contributed by atoms with Crippen LogP contribution in [0.4, 0.5) is 8.78 Å². The van der Waals surface area contributed by atoms with Crippen LogP contribution in [0.3, 0.4) is 0 Å². The van der Waals surface area contributed by atoms with Crippen molar-refractivity contribution in [3.8, 4) is 0 Å². The summed E-state index contributed by atoms with van der Waals surface area (Å²) in [6, 6.07) is 11.7. The Kier molecular flexibility index (Phi) is 15.6. The average molecular weight is 789 g/mol. The van der Waals surface area contributed by atoms with E-state index in [1.807, 2.05) is 0 Å². The predicted molar refractivity (Wildman–Crippen MR) is 186 cm³/mol. The molecular weight excluding hydrogens is 744 g/mol. The Hall–Kier alpha value is -3.82. The standard InChI is InChI=1S/C34H44F2N2O13P2/c35-34(36,26-9-4-3-5-10-26)28(18-16-27-17-19-29(39)38(27)22-7-2-1-6-11-30(40)41)51-31(42)23-24-12-14-25(15-13-24)32(43)37-21-8-20-33(44,52(45,46)47)53(48,49)50/h3-5,9-10,12-16,18,27-28,44H,1-2,6-8,11,17,19-23H2,(H,37,43)(H,40,41)(H2,45,46,47)(H2,48,49,50)/t27-,28+/m0/s1. The number of ether oxygens (including phenoxy) is 1. The van der Waals surface area contributed by atoms with Crippen molar-refractivity contribution in [1.82, 2.24) is 10.2 Å². The molecule has 292 valence electrons. The van der Waals surface area contributed by atoms with Crippen LogP contribution in [0.25, 0.3) is 0 Å². The molecule has 0 aromatic heterocycles. The zero-order chi connectivity index (χ0) is 39.5. The highest BCUT2D eigenvalue weighted by atomic mass is 31.2. The summed E-state index contributed by atoms with van der Waals surface area (Å²) in [5.74, 6) is -6.37. The van der Waals surface area contributed by atoms with Gasteiger partial charge in [-0.15, -0.1) is 0 Å². The fraction of sp³-hybridized carbons (Fsp3) is 0.471. The Bertz CT molecular complexity index is 1680. The van der Waals surface area contributed by atoms with Gasteiger partial charge in [0.2, 0.25) is 5.91 Å². The lowest BCUT2D eigenvalue weighted by Crippen LogP contribution is -2.36. The van der Waals surface area contributed by atoms with Gasteiger partial charge in [-0.1, -0.05) is 61.4 Å². The molecule has 15 nitrogen and oxygen atoms in total. The summed E-state index contributed by atoms with van der Waals surface area (Å²) in [6.07, 6.45) is 1.77. The second-order valence-electron chi connectivity index (χ2n) is 12.6. The molecule has 2 atom stereocenters. The molecule has 19 heteroatoms. The van der Waals surface area contributed by atoms with Gasteiger partial charge >= 0.3 is 33.1 Å². The molecule has 1 saturated heterocycles. The smallest absolute Gasteiger partial charge is 0.369 e. The summed E-state index contributed by atoms with van der Waals surface area (Å²) in [5, 5.41) is 17.5. The van der Waals surface area contributed by atoms with E-state index in [4.69, 9.17) is 9.84 Å². The highest BCUT2D eigenvalue weighted by Crippen LogP contribution is 2.69. The van der Waals surface area contributed by atoms with Crippen LogP contribution in [0.15, 0.2) is 66.7 Å². The van der Waals surface area contributed by atoms with Crippen molar-refractivity contribution in [1.29, 1.82) is 0 Å². The lowest BCUT2D eigenvalue weighted by Gasteiger charge is -2.29. The molecule has 1 aliphatic rings. The summed E-state index contributed by atoms with van der Waals surface area (Å²) in [5.41, 5.74) is -0.0250. The first-order valence-electron chi connectivity index (χ1n) is 16.8. The van der Waals surface area contributed by atoms with Gasteiger partial charge in [0.05, 0.1) is 12.5 Å². The van der Waals surface area contributed by atoms with E-state index in [9.17, 15) is 53.0 Å². The van der Waals surface area contributed by atoms with E-state index in [2.05, 4.69) is 5.32 Å². The molecule has 3 rings (SSSR count). The Morgan fingerprint density at radius 1 is 0.943 bits per heavy atom. The van der Waals surface area contributed by atoms with Crippen molar-refractivity contribution < 1.29 is 71.6 Å². The molecule has 2 amide bonds. The SMILES string of the molecule is O=C(O)CCCCCCN1C(=O)CC[C@@H]1C=C[C@@H](OC(=O)Cc1ccc(C(=O)NCCCC(O)(P(=O)(O)O)P(=O)(O)O)cc1)C(F)(F)c1ccccc1. The van der Waals surface area contributed by atoms with Gasteiger partial charge in [0.1, 0.15) is 0 Å². The number of aliphatic carboxylic acids is 1. The number of carbonyl (C=O) groups is 4. The van der Waals surface area contributed by atoms with Gasteiger partial charge in [0, 0.05) is 43.5 Å². The maximum Gasteiger partial charge on any atom is 0.369 e. The minimum absolute atomic E-state index is 0.0559. The van der Waals surface area contributed by atoms with Crippen LogP contribution < -0.4 is 5.32 Å². The Balaban J connectivity index is 1.63. The molecular formula is C34H44F2N2O13P2. The molecule has 0 radical (unpaired) electrons. The van der Waals surface area contributed by atoms with Crippen LogP contribution >= 0.6 is 15.2 Å². The molecule has 1 aliphatic heterocycles. The third-order valence-electron chi connectivity index (χ3n) is 8.67. The van der Waals surface area contributed by atoms with Crippen molar-refractivity contribution in [2.24, 2.45) is 0 Å². The van der Waals surface area contributed by atoms with Gasteiger partial charge in [-0.2, -0.15) is 8.78 Å². The number of likely N-dealkylation sites (tertiary alicyclic amines) is 1. The summed E-state index contributed by atoms with van der Waals surface area (Å²) >= 11 is 0. The van der Waals surface area contributed by atoms with Crippen LogP contribution in [-0.2, 0) is 40.6 Å². The number of benzene rings is 2. The van der Waals surface area contributed by atoms with Gasteiger partial charge in [-0.05, 0) is 49.5 Å². The van der Waals surface area contributed by atoms with Gasteiger partial charge in [-0.25, -0.2) is 0 Å². The quantitative estimate of drug-likeness (QED) is 0.0409. The first kappa shape index (κ1) is 43.6. The third-order valence-corrected chi connectivity index (χ3v) is 12.5. The number of carbonyl (C=O) groups excluding carboxylic acids is 3. The van der Waals surface area contributed by atoms with E-state index >= 15 is 8.78 Å². The average Bonchev–Trinajstić information content (AvgIpc) is 3.44. The molecule has 0 bridgehead atoms. The molecule has 0 spiro atoms. The number of alkyl halides is 2. The van der Waals surface area contributed by atoms with Crippen LogP contribution in [0, 0.1) is 0 Å². The Morgan fingerprint density at radius 3 is 2.17 bits per heavy atom. The van der Waals surface area contributed by atoms with Gasteiger partial charge in [-0.3, -0.25) is 28.3 Å². The molecule has 7 N–H and O–H groups in total. The normalized spacial score (nSPS) is 16.2. The number of hydrogen-bond donors (Lipinski definition) is 7. The molecule has 53 heavy (non-hydrogen) atoms. The largest absolute Gasteiger partial charge is 0.481 e. The van der Waals surface area contributed by atoms with Gasteiger partial charge in [0.15, 0.2) is 6.10 Å². The van der Waals surface area contributed by atoms with Crippen LogP contribution in [-0.4, -0.2) is 88.8 Å². The number of esters is 1. The zero-order valence-electron chi connectivity index (χ0n) is 28.6. The summed E-state index contributed by atoms with van der Waals surface area (Å²) in [6.45, 7) is 0.0478. The van der Waals surface area contributed by atoms with E-state index in [-0.39, 0.29) is 30.9 Å². The van der Waals surface area contributed by atoms with Crippen molar-refractivity contribution in [3.63, 3.8) is 0 Å². The van der Waals surface area contributed by atoms with Crippen molar-refractivity contribution in [2.75, 3.05) is 13.1 Å². The fourth-order valence-electron chi connectivity index (χ4n) is 5.66. The molecule has 2 aromatic carbocycles. The lowest BCUT2D eigenvalue weighted by atomic mass is 10.0. The number of rotatable bonds is 21. The van der Waals surface area contributed by atoms with E-state index < -0.39 is 81.0 Å². The van der Waals surface area contributed by atoms with Gasteiger partial charge in [0.25, 0.3) is 11.0 Å². The number of aliphatic hydroxyl groups is 1. The lowest BCUT2D eigenvalue weighted by molar-refractivity contribution is -0.167. The second kappa shape index (κ2) is 19.0. The summed E-state index contributed by atoms with van der Waals surface area (Å²) < 4.78 is 59.9. The first-order valence-corrected chi connectivity index (χ1v) is 20.0. The number of halogens is 2. The minimum Gasteiger partial charge on any atom is -0.481 e. The fourth-order valence-corrected chi connectivity index (χ4v) is 7.92. The zero-order valence-corrected chi connectivity index (χ0v) is 30.4. The maximum atomic E-state index is 15.8. The number of nitrogens with one attached hydrogen (secondary N) is 1. The second-order valence-corrected chi connectivity index (χ2v) is 16.6.